The van der Waals surface area contributed by atoms with Gasteiger partial charge in [0.15, 0.2) is 5.76 Å². The predicted octanol–water partition coefficient (Wildman–Crippen LogP) is 2.82. The molecule has 1 unspecified atom stereocenters. The van der Waals surface area contributed by atoms with Crippen LogP contribution in [0.1, 0.15) is 42.9 Å². The minimum atomic E-state index is -4.12. The van der Waals surface area contributed by atoms with E-state index in [1.807, 2.05) is 30.3 Å². The molecule has 1 atom stereocenters. The van der Waals surface area contributed by atoms with Gasteiger partial charge in [0.05, 0.1) is 12.2 Å². The lowest BCUT2D eigenvalue weighted by atomic mass is 9.91. The highest BCUT2D eigenvalue weighted by molar-refractivity contribution is 7.89. The Morgan fingerprint density at radius 3 is 2.50 bits per heavy atom. The molecule has 0 spiro atoms. The van der Waals surface area contributed by atoms with Crippen LogP contribution in [0.3, 0.4) is 0 Å². The quantitative estimate of drug-likeness (QED) is 0.547. The monoisotopic (exact) mass is 514 g/mol. The van der Waals surface area contributed by atoms with Crippen molar-refractivity contribution in [1.29, 1.82) is 0 Å². The number of aryl methyl sites for hydroxylation is 1. The molecule has 3 aromatic rings. The van der Waals surface area contributed by atoms with Gasteiger partial charge in [-0.05, 0) is 49.8 Å². The molecule has 2 amide bonds. The van der Waals surface area contributed by atoms with E-state index in [-0.39, 0.29) is 35.8 Å². The number of hydrogen-bond acceptors (Lipinski definition) is 7. The van der Waals surface area contributed by atoms with Crippen molar-refractivity contribution in [2.24, 2.45) is 0 Å². The second-order valence-electron chi connectivity index (χ2n) is 8.78. The van der Waals surface area contributed by atoms with Crippen LogP contribution in [0, 0.1) is 6.92 Å². The van der Waals surface area contributed by atoms with Crippen molar-refractivity contribution in [1.82, 2.24) is 20.1 Å². The smallest absolute Gasteiger partial charge is 0.276 e. The fourth-order valence-electron chi connectivity index (χ4n) is 4.16. The van der Waals surface area contributed by atoms with Gasteiger partial charge in [-0.1, -0.05) is 35.5 Å². The molecule has 1 aliphatic rings. The molecule has 1 aliphatic heterocycles. The molecular formula is C25H30N4O6S. The van der Waals surface area contributed by atoms with Crippen molar-refractivity contribution in [2.75, 3.05) is 26.2 Å². The highest BCUT2D eigenvalue weighted by Crippen LogP contribution is 2.27. The molecule has 0 bridgehead atoms. The minimum Gasteiger partial charge on any atom is -0.440 e. The summed E-state index contributed by atoms with van der Waals surface area (Å²) in [6.45, 7) is 2.09. The lowest BCUT2D eigenvalue weighted by Gasteiger charge is -2.22. The summed E-state index contributed by atoms with van der Waals surface area (Å²) >= 11 is 0. The zero-order valence-corrected chi connectivity index (χ0v) is 20.9. The summed E-state index contributed by atoms with van der Waals surface area (Å²) < 4.78 is 38.5. The second-order valence-corrected chi connectivity index (χ2v) is 10.6. The van der Waals surface area contributed by atoms with Gasteiger partial charge in [-0.3, -0.25) is 9.59 Å². The SMILES string of the molecule is Cc1cc(-c2ccc(S(=O)(=O)N3CCCNC(=O)CCC(c4ccccc4)CCNC(=O)C3)o2)on1. The summed E-state index contributed by atoms with van der Waals surface area (Å²) in [5.74, 6) is 0.151. The Morgan fingerprint density at radius 1 is 0.972 bits per heavy atom. The fourth-order valence-corrected chi connectivity index (χ4v) is 5.51. The number of amides is 2. The van der Waals surface area contributed by atoms with Crippen molar-refractivity contribution in [2.45, 2.75) is 43.6 Å². The number of nitrogens with one attached hydrogen (secondary N) is 2. The van der Waals surface area contributed by atoms with Gasteiger partial charge in [-0.15, -0.1) is 0 Å². The van der Waals surface area contributed by atoms with E-state index in [9.17, 15) is 18.0 Å². The van der Waals surface area contributed by atoms with Crippen molar-refractivity contribution in [3.05, 3.63) is 59.8 Å². The number of benzene rings is 1. The zero-order chi connectivity index (χ0) is 25.5. The van der Waals surface area contributed by atoms with Gasteiger partial charge < -0.3 is 19.6 Å². The van der Waals surface area contributed by atoms with Crippen LogP contribution < -0.4 is 10.6 Å². The summed E-state index contributed by atoms with van der Waals surface area (Å²) in [4.78, 5) is 25.1. The molecule has 2 aromatic heterocycles. The minimum absolute atomic E-state index is 0.0418. The van der Waals surface area contributed by atoms with Crippen LogP contribution in [0.25, 0.3) is 11.5 Å². The third-order valence-electron chi connectivity index (χ3n) is 6.08. The van der Waals surface area contributed by atoms with Crippen molar-refractivity contribution >= 4 is 21.8 Å². The molecule has 1 fully saturated rings. The first-order chi connectivity index (χ1) is 17.3. The van der Waals surface area contributed by atoms with Gasteiger partial charge in [0.1, 0.15) is 0 Å². The van der Waals surface area contributed by atoms with Crippen molar-refractivity contribution in [3.63, 3.8) is 0 Å². The lowest BCUT2D eigenvalue weighted by Crippen LogP contribution is -2.42. The van der Waals surface area contributed by atoms with Crippen LogP contribution in [0.2, 0.25) is 0 Å². The molecule has 4 rings (SSSR count). The van der Waals surface area contributed by atoms with E-state index in [2.05, 4.69) is 15.8 Å². The lowest BCUT2D eigenvalue weighted by molar-refractivity contribution is -0.122. The first-order valence-electron chi connectivity index (χ1n) is 11.9. The summed E-state index contributed by atoms with van der Waals surface area (Å²) in [6.07, 6.45) is 1.99. The average molecular weight is 515 g/mol. The Morgan fingerprint density at radius 2 is 1.75 bits per heavy atom. The van der Waals surface area contributed by atoms with Gasteiger partial charge in [-0.2, -0.15) is 4.31 Å². The topological polar surface area (TPSA) is 135 Å². The van der Waals surface area contributed by atoms with E-state index in [0.717, 1.165) is 9.87 Å². The zero-order valence-electron chi connectivity index (χ0n) is 20.1. The Kier molecular flexibility index (Phi) is 8.21. The third kappa shape index (κ3) is 6.41. The van der Waals surface area contributed by atoms with E-state index >= 15 is 0 Å². The molecule has 10 nitrogen and oxygen atoms in total. The van der Waals surface area contributed by atoms with Crippen LogP contribution in [-0.2, 0) is 19.6 Å². The maximum atomic E-state index is 13.3. The number of hydrogen-bond donors (Lipinski definition) is 2. The second kappa shape index (κ2) is 11.5. The summed E-state index contributed by atoms with van der Waals surface area (Å²) in [6, 6.07) is 14.3. The van der Waals surface area contributed by atoms with E-state index in [1.165, 1.54) is 12.1 Å². The number of carbonyl (C=O) groups is 2. The number of aromatic nitrogens is 1. The van der Waals surface area contributed by atoms with Gasteiger partial charge in [0, 0.05) is 32.1 Å². The van der Waals surface area contributed by atoms with Gasteiger partial charge in [0.2, 0.25) is 22.7 Å². The van der Waals surface area contributed by atoms with E-state index in [0.29, 0.717) is 50.2 Å². The summed E-state index contributed by atoms with van der Waals surface area (Å²) in [5.41, 5.74) is 1.74. The maximum absolute atomic E-state index is 13.3. The molecule has 3 heterocycles. The maximum Gasteiger partial charge on any atom is 0.276 e. The fraction of sp³-hybridized carbons (Fsp3) is 0.400. The Bertz CT molecular complexity index is 1280. The molecule has 11 heteroatoms. The molecule has 1 aromatic carbocycles. The normalized spacial score (nSPS) is 19.3. The van der Waals surface area contributed by atoms with Crippen LogP contribution in [-0.4, -0.2) is 55.9 Å². The van der Waals surface area contributed by atoms with Crippen LogP contribution in [0.4, 0.5) is 0 Å². The summed E-state index contributed by atoms with van der Waals surface area (Å²) in [7, 11) is -4.12. The largest absolute Gasteiger partial charge is 0.440 e. The Balaban J connectivity index is 1.49. The number of nitrogens with zero attached hydrogens (tertiary/aromatic N) is 2. The average Bonchev–Trinajstić information content (AvgIpc) is 3.53. The number of carbonyl (C=O) groups excluding carboxylic acids is 2. The molecule has 192 valence electrons. The summed E-state index contributed by atoms with van der Waals surface area (Å²) in [5, 5.41) is 9.18. The molecule has 2 N–H and O–H groups in total. The van der Waals surface area contributed by atoms with Crippen molar-refractivity contribution < 1.29 is 26.9 Å². The predicted molar refractivity (Wildman–Crippen MR) is 131 cm³/mol. The molecule has 36 heavy (non-hydrogen) atoms. The first-order valence-corrected chi connectivity index (χ1v) is 13.4. The number of sulfonamides is 1. The van der Waals surface area contributed by atoms with E-state index < -0.39 is 15.9 Å². The first kappa shape index (κ1) is 25.6. The van der Waals surface area contributed by atoms with Crippen LogP contribution >= 0.6 is 0 Å². The van der Waals surface area contributed by atoms with E-state index in [4.69, 9.17) is 8.94 Å². The third-order valence-corrected chi connectivity index (χ3v) is 7.80. The van der Waals surface area contributed by atoms with E-state index in [1.54, 1.807) is 13.0 Å². The standard InChI is InChI=1S/C25H30N4O6S/c1-18-16-22(35-28-18)21-9-11-25(34-21)36(32,33)29-15-5-13-26-23(30)10-8-20(12-14-27-24(31)17-29)19-6-3-2-4-7-19/h2-4,6-7,9,11,16,20H,5,8,10,12-15,17H2,1H3,(H,26,30)(H,27,31). The van der Waals surface area contributed by atoms with Gasteiger partial charge in [0.25, 0.3) is 10.0 Å². The Labute approximate surface area is 210 Å². The molecule has 0 saturated carbocycles. The van der Waals surface area contributed by atoms with Gasteiger partial charge in [-0.25, -0.2) is 8.42 Å². The number of furan rings is 1. The highest BCUT2D eigenvalue weighted by atomic mass is 32.2. The molecular weight excluding hydrogens is 484 g/mol. The number of rotatable bonds is 4. The molecule has 0 radical (unpaired) electrons. The Hall–Kier alpha value is -3.44. The molecule has 0 aliphatic carbocycles. The van der Waals surface area contributed by atoms with Crippen LogP contribution in [0.5, 0.6) is 0 Å². The van der Waals surface area contributed by atoms with Gasteiger partial charge >= 0.3 is 0 Å². The van der Waals surface area contributed by atoms with Crippen LogP contribution in [0.15, 0.2) is 62.6 Å². The van der Waals surface area contributed by atoms with Crippen molar-refractivity contribution in [3.8, 4) is 11.5 Å². The highest BCUT2D eigenvalue weighted by Gasteiger charge is 2.30. The molecule has 1 saturated heterocycles.